The Morgan fingerprint density at radius 3 is 1.69 bits per heavy atom. The quantitative estimate of drug-likeness (QED) is 0.295. The van der Waals surface area contributed by atoms with Gasteiger partial charge in [0.15, 0.2) is 23.0 Å². The Hall–Kier alpha value is -3.13. The van der Waals surface area contributed by atoms with Gasteiger partial charge in [0.2, 0.25) is 23.1 Å². The minimum atomic E-state index is -0.690. The third-order valence-electron chi connectivity index (χ3n) is 5.61. The standard InChI is InChI=1S/C27H35NO7/c1-26(2)32-22-12-5-10-20(24(22)34-26)30-18-8-15-28(14-7-17-29)16-9-19-31-21-11-6-13-23-25(21)35-27(3,4)33-23/h5-6,10-13,17H,7-9,14-16,18-19H2,1-4H3. The highest BCUT2D eigenvalue weighted by molar-refractivity contribution is 5.54. The molecule has 35 heavy (non-hydrogen) atoms. The van der Waals surface area contributed by atoms with Crippen molar-refractivity contribution in [3.05, 3.63) is 36.4 Å². The van der Waals surface area contributed by atoms with Gasteiger partial charge in [-0.15, -0.1) is 0 Å². The second kappa shape index (κ2) is 10.6. The van der Waals surface area contributed by atoms with E-state index in [0.29, 0.717) is 60.7 Å². The molecular weight excluding hydrogens is 450 g/mol. The summed E-state index contributed by atoms with van der Waals surface area (Å²) in [6.07, 6.45) is 3.10. The van der Waals surface area contributed by atoms with Crippen molar-refractivity contribution in [2.45, 2.75) is 58.5 Å². The van der Waals surface area contributed by atoms with Crippen LogP contribution >= 0.6 is 0 Å². The molecule has 0 atom stereocenters. The van der Waals surface area contributed by atoms with Crippen LogP contribution in [0, 0.1) is 0 Å². The van der Waals surface area contributed by atoms with E-state index in [2.05, 4.69) is 4.90 Å². The maximum Gasteiger partial charge on any atom is 0.246 e. The number of carbonyl (C=O) groups excluding carboxylic acids is 1. The van der Waals surface area contributed by atoms with Crippen LogP contribution in [0.15, 0.2) is 36.4 Å². The second-order valence-corrected chi connectivity index (χ2v) is 9.58. The topological polar surface area (TPSA) is 75.7 Å². The van der Waals surface area contributed by atoms with Gasteiger partial charge >= 0.3 is 0 Å². The molecule has 2 aromatic rings. The van der Waals surface area contributed by atoms with E-state index in [4.69, 9.17) is 28.4 Å². The Morgan fingerprint density at radius 1 is 0.743 bits per heavy atom. The summed E-state index contributed by atoms with van der Waals surface area (Å²) in [6.45, 7) is 10.9. The lowest BCUT2D eigenvalue weighted by Crippen LogP contribution is -2.30. The third-order valence-corrected chi connectivity index (χ3v) is 5.61. The smallest absolute Gasteiger partial charge is 0.246 e. The first-order valence-corrected chi connectivity index (χ1v) is 12.2. The SMILES string of the molecule is CC1(C)Oc2cccc(OCCCN(CCC=O)CCCOc3cccc4c3OC(C)(C)O4)c2O1. The summed E-state index contributed by atoms with van der Waals surface area (Å²) >= 11 is 0. The molecule has 0 radical (unpaired) electrons. The molecule has 2 aromatic carbocycles. The molecule has 0 N–H and O–H groups in total. The number of para-hydroxylation sites is 2. The van der Waals surface area contributed by atoms with Gasteiger partial charge in [0.25, 0.3) is 0 Å². The number of hydrogen-bond acceptors (Lipinski definition) is 8. The van der Waals surface area contributed by atoms with Crippen molar-refractivity contribution in [1.29, 1.82) is 0 Å². The lowest BCUT2D eigenvalue weighted by atomic mass is 10.3. The fourth-order valence-corrected chi connectivity index (χ4v) is 4.15. The number of ether oxygens (including phenoxy) is 6. The molecule has 0 amide bonds. The zero-order chi connectivity index (χ0) is 24.9. The van der Waals surface area contributed by atoms with Gasteiger partial charge in [-0.3, -0.25) is 0 Å². The van der Waals surface area contributed by atoms with Gasteiger partial charge in [0.1, 0.15) is 6.29 Å². The highest BCUT2D eigenvalue weighted by atomic mass is 16.7. The maximum absolute atomic E-state index is 10.9. The van der Waals surface area contributed by atoms with Crippen molar-refractivity contribution in [1.82, 2.24) is 4.90 Å². The maximum atomic E-state index is 10.9. The Kier molecular flexibility index (Phi) is 7.60. The van der Waals surface area contributed by atoms with Crippen molar-refractivity contribution in [2.24, 2.45) is 0 Å². The van der Waals surface area contributed by atoms with Crippen LogP contribution in [-0.4, -0.2) is 55.6 Å². The number of carbonyl (C=O) groups is 1. The number of hydrogen-bond donors (Lipinski definition) is 0. The summed E-state index contributed by atoms with van der Waals surface area (Å²) < 4.78 is 35.3. The normalized spacial score (nSPS) is 16.4. The van der Waals surface area contributed by atoms with Gasteiger partial charge in [-0.05, 0) is 37.1 Å². The van der Waals surface area contributed by atoms with Crippen LogP contribution in [0.3, 0.4) is 0 Å². The molecule has 2 aliphatic heterocycles. The van der Waals surface area contributed by atoms with Gasteiger partial charge < -0.3 is 38.1 Å². The van der Waals surface area contributed by atoms with Gasteiger partial charge in [0.05, 0.1) is 13.2 Å². The Bertz CT molecular complexity index is 945. The molecule has 190 valence electrons. The predicted octanol–water partition coefficient (Wildman–Crippen LogP) is 4.83. The van der Waals surface area contributed by atoms with Gasteiger partial charge in [0, 0.05) is 53.8 Å². The molecule has 0 spiro atoms. The first-order chi connectivity index (χ1) is 16.8. The van der Waals surface area contributed by atoms with Crippen LogP contribution in [0.4, 0.5) is 0 Å². The first kappa shape index (κ1) is 25.0. The number of fused-ring (bicyclic) bond motifs is 2. The Labute approximate surface area is 207 Å². The van der Waals surface area contributed by atoms with Crippen molar-refractivity contribution in [3.8, 4) is 34.5 Å². The summed E-state index contributed by atoms with van der Waals surface area (Å²) in [6, 6.07) is 11.3. The molecular formula is C27H35NO7. The van der Waals surface area contributed by atoms with E-state index in [9.17, 15) is 4.79 Å². The summed E-state index contributed by atoms with van der Waals surface area (Å²) in [7, 11) is 0. The van der Waals surface area contributed by atoms with Gasteiger partial charge in [-0.1, -0.05) is 12.1 Å². The molecule has 0 saturated heterocycles. The van der Waals surface area contributed by atoms with Crippen LogP contribution in [0.2, 0.25) is 0 Å². The molecule has 0 bridgehead atoms. The predicted molar refractivity (Wildman–Crippen MR) is 131 cm³/mol. The Morgan fingerprint density at radius 2 is 1.23 bits per heavy atom. The molecule has 0 saturated carbocycles. The highest BCUT2D eigenvalue weighted by Crippen LogP contribution is 2.46. The van der Waals surface area contributed by atoms with Gasteiger partial charge in [-0.2, -0.15) is 0 Å². The molecule has 0 aromatic heterocycles. The summed E-state index contributed by atoms with van der Waals surface area (Å²) in [5.74, 6) is 2.69. The molecule has 0 unspecified atom stereocenters. The fourth-order valence-electron chi connectivity index (χ4n) is 4.15. The number of rotatable bonds is 13. The van der Waals surface area contributed by atoms with Crippen molar-refractivity contribution >= 4 is 6.29 Å². The zero-order valence-electron chi connectivity index (χ0n) is 21.0. The number of nitrogens with zero attached hydrogens (tertiary/aromatic N) is 1. The number of benzene rings is 2. The van der Waals surface area contributed by atoms with Crippen LogP contribution < -0.4 is 28.4 Å². The zero-order valence-corrected chi connectivity index (χ0v) is 21.0. The summed E-state index contributed by atoms with van der Waals surface area (Å²) in [4.78, 5) is 13.2. The molecule has 8 nitrogen and oxygen atoms in total. The van der Waals surface area contributed by atoms with E-state index < -0.39 is 11.6 Å². The molecule has 2 heterocycles. The second-order valence-electron chi connectivity index (χ2n) is 9.58. The lowest BCUT2D eigenvalue weighted by molar-refractivity contribution is -0.108. The van der Waals surface area contributed by atoms with Crippen LogP contribution in [0.1, 0.15) is 47.0 Å². The number of aldehydes is 1. The van der Waals surface area contributed by atoms with Crippen molar-refractivity contribution in [2.75, 3.05) is 32.8 Å². The Balaban J connectivity index is 1.21. The largest absolute Gasteiger partial charge is 0.489 e. The van der Waals surface area contributed by atoms with Crippen LogP contribution in [0.5, 0.6) is 34.5 Å². The minimum Gasteiger partial charge on any atom is -0.489 e. The third kappa shape index (κ3) is 6.51. The van der Waals surface area contributed by atoms with Crippen LogP contribution in [-0.2, 0) is 4.79 Å². The van der Waals surface area contributed by atoms with E-state index in [1.807, 2.05) is 64.1 Å². The lowest BCUT2D eigenvalue weighted by Gasteiger charge is -2.22. The van der Waals surface area contributed by atoms with Crippen molar-refractivity contribution < 1.29 is 33.2 Å². The molecule has 8 heteroatoms. The monoisotopic (exact) mass is 485 g/mol. The van der Waals surface area contributed by atoms with Gasteiger partial charge in [-0.25, -0.2) is 0 Å². The van der Waals surface area contributed by atoms with Crippen molar-refractivity contribution in [3.63, 3.8) is 0 Å². The van der Waals surface area contributed by atoms with Crippen LogP contribution in [0.25, 0.3) is 0 Å². The van der Waals surface area contributed by atoms with E-state index >= 15 is 0 Å². The van der Waals surface area contributed by atoms with E-state index in [-0.39, 0.29) is 0 Å². The molecule has 4 rings (SSSR count). The molecule has 0 fully saturated rings. The highest BCUT2D eigenvalue weighted by Gasteiger charge is 2.35. The average Bonchev–Trinajstić information content (AvgIpc) is 3.30. The van der Waals surface area contributed by atoms with E-state index in [1.165, 1.54) is 0 Å². The average molecular weight is 486 g/mol. The van der Waals surface area contributed by atoms with E-state index in [1.54, 1.807) is 0 Å². The summed E-state index contributed by atoms with van der Waals surface area (Å²) in [5.41, 5.74) is 0. The first-order valence-electron chi connectivity index (χ1n) is 12.2. The molecule has 2 aliphatic rings. The van der Waals surface area contributed by atoms with E-state index in [0.717, 1.165) is 32.2 Å². The molecule has 0 aliphatic carbocycles. The fraction of sp³-hybridized carbons (Fsp3) is 0.519. The summed E-state index contributed by atoms with van der Waals surface area (Å²) in [5, 5.41) is 0. The minimum absolute atomic E-state index is 0.501.